The van der Waals surface area contributed by atoms with Crippen molar-refractivity contribution in [2.24, 2.45) is 5.92 Å². The molecule has 1 aromatic carbocycles. The summed E-state index contributed by atoms with van der Waals surface area (Å²) in [6.45, 7) is 1.68. The number of anilines is 1. The van der Waals surface area contributed by atoms with Crippen molar-refractivity contribution in [2.75, 3.05) is 24.6 Å². The lowest BCUT2D eigenvalue weighted by atomic mass is 9.99. The smallest absolute Gasteiger partial charge is 0.406 e. The monoisotopic (exact) mass is 417 g/mol. The minimum atomic E-state index is -4.72. The molecule has 1 aromatic heterocycles. The summed E-state index contributed by atoms with van der Waals surface area (Å²) in [6, 6.07) is 9.73. The molecular weight excluding hydrogens is 395 g/mol. The van der Waals surface area contributed by atoms with E-state index >= 15 is 0 Å². The maximum atomic E-state index is 12.5. The molecule has 2 atom stereocenters. The zero-order valence-corrected chi connectivity index (χ0v) is 16.2. The fourth-order valence-electron chi connectivity index (χ4n) is 3.99. The van der Waals surface area contributed by atoms with Crippen molar-refractivity contribution in [2.45, 2.75) is 18.9 Å². The molecule has 3 heterocycles. The molecule has 0 amide bonds. The third-order valence-corrected chi connectivity index (χ3v) is 5.35. The second-order valence-corrected chi connectivity index (χ2v) is 7.36. The van der Waals surface area contributed by atoms with E-state index in [0.29, 0.717) is 0 Å². The van der Waals surface area contributed by atoms with Crippen LogP contribution in [0.2, 0.25) is 0 Å². The summed E-state index contributed by atoms with van der Waals surface area (Å²) in [5, 5.41) is 9.59. The first kappa shape index (κ1) is 20.4. The topological polar surface area (TPSA) is 48.8 Å². The SMILES string of the molecule is OCC1CCN([C@@H]2C(c3cccnc3)=CC=CN2c2ccc(OC(F)(F)F)cc2)C1. The maximum Gasteiger partial charge on any atom is 0.573 e. The molecule has 2 aliphatic rings. The van der Waals surface area contributed by atoms with Crippen LogP contribution in [0.1, 0.15) is 12.0 Å². The van der Waals surface area contributed by atoms with E-state index in [0.717, 1.165) is 36.3 Å². The molecule has 158 valence electrons. The number of rotatable bonds is 5. The van der Waals surface area contributed by atoms with E-state index in [1.807, 2.05) is 35.4 Å². The summed E-state index contributed by atoms with van der Waals surface area (Å²) in [6.07, 6.45) is 5.39. The predicted molar refractivity (Wildman–Crippen MR) is 108 cm³/mol. The van der Waals surface area contributed by atoms with Gasteiger partial charge in [-0.3, -0.25) is 9.88 Å². The minimum absolute atomic E-state index is 0.133. The largest absolute Gasteiger partial charge is 0.573 e. The predicted octanol–water partition coefficient (Wildman–Crippen LogP) is 4.04. The van der Waals surface area contributed by atoms with Gasteiger partial charge in [-0.2, -0.15) is 0 Å². The van der Waals surface area contributed by atoms with Crippen LogP contribution in [0, 0.1) is 5.92 Å². The Morgan fingerprint density at radius 1 is 1.17 bits per heavy atom. The summed E-state index contributed by atoms with van der Waals surface area (Å²) in [7, 11) is 0. The van der Waals surface area contributed by atoms with E-state index < -0.39 is 6.36 Å². The van der Waals surface area contributed by atoms with Gasteiger partial charge in [0, 0.05) is 44.0 Å². The standard InChI is InChI=1S/C22H22F3N3O2/c23-22(24,25)30-19-7-5-18(6-8-19)28-11-2-4-20(17-3-1-10-26-13-17)21(28)27-12-9-16(14-27)15-29/h1-8,10-11,13,16,21,29H,9,12,14-15H2/t16?,21-/m0/s1. The molecule has 30 heavy (non-hydrogen) atoms. The Balaban J connectivity index is 1.66. The van der Waals surface area contributed by atoms with Gasteiger partial charge in [0.05, 0.1) is 0 Å². The van der Waals surface area contributed by atoms with Crippen molar-refractivity contribution < 1.29 is 23.0 Å². The number of halogens is 3. The first-order chi connectivity index (χ1) is 14.4. The molecule has 0 aliphatic carbocycles. The number of aliphatic hydroxyl groups excluding tert-OH is 1. The normalized spacial score (nSPS) is 22.3. The molecule has 0 spiro atoms. The molecule has 0 bridgehead atoms. The molecule has 1 unspecified atom stereocenters. The second kappa shape index (κ2) is 8.49. The van der Waals surface area contributed by atoms with Crippen LogP contribution < -0.4 is 9.64 Å². The van der Waals surface area contributed by atoms with Gasteiger partial charge >= 0.3 is 6.36 Å². The van der Waals surface area contributed by atoms with Crippen molar-refractivity contribution in [3.8, 4) is 5.75 Å². The van der Waals surface area contributed by atoms with Crippen molar-refractivity contribution in [1.82, 2.24) is 9.88 Å². The molecule has 2 aromatic rings. The number of pyridine rings is 1. The molecule has 0 saturated carbocycles. The highest BCUT2D eigenvalue weighted by atomic mass is 19.4. The van der Waals surface area contributed by atoms with Gasteiger partial charge in [-0.25, -0.2) is 0 Å². The van der Waals surface area contributed by atoms with Crippen molar-refractivity contribution >= 4 is 11.3 Å². The minimum Gasteiger partial charge on any atom is -0.406 e. The van der Waals surface area contributed by atoms with Crippen LogP contribution in [0.5, 0.6) is 5.75 Å². The number of allylic oxidation sites excluding steroid dienone is 2. The number of likely N-dealkylation sites (tertiary alicyclic amines) is 1. The summed E-state index contributed by atoms with van der Waals surface area (Å²) in [5.74, 6) is -0.0520. The van der Waals surface area contributed by atoms with Crippen molar-refractivity contribution in [3.05, 3.63) is 72.7 Å². The van der Waals surface area contributed by atoms with Crippen LogP contribution in [0.4, 0.5) is 18.9 Å². The number of aromatic nitrogens is 1. The number of alkyl halides is 3. The van der Waals surface area contributed by atoms with Gasteiger partial charge < -0.3 is 14.7 Å². The lowest BCUT2D eigenvalue weighted by Gasteiger charge is -2.40. The van der Waals surface area contributed by atoms with Crippen molar-refractivity contribution in [1.29, 1.82) is 0 Å². The molecule has 2 aliphatic heterocycles. The Kier molecular flexibility index (Phi) is 5.78. The van der Waals surface area contributed by atoms with Gasteiger partial charge in [0.25, 0.3) is 0 Å². The van der Waals surface area contributed by atoms with Gasteiger partial charge in [-0.1, -0.05) is 12.1 Å². The van der Waals surface area contributed by atoms with E-state index in [1.165, 1.54) is 12.1 Å². The number of aliphatic hydroxyl groups is 1. The Hall–Kier alpha value is -2.84. The number of benzene rings is 1. The molecule has 1 fully saturated rings. The van der Waals surface area contributed by atoms with Crippen LogP contribution in [0.15, 0.2) is 67.1 Å². The van der Waals surface area contributed by atoms with Crippen LogP contribution in [-0.2, 0) is 0 Å². The lowest BCUT2D eigenvalue weighted by molar-refractivity contribution is -0.274. The Morgan fingerprint density at radius 3 is 2.60 bits per heavy atom. The van der Waals surface area contributed by atoms with Crippen molar-refractivity contribution in [3.63, 3.8) is 0 Å². The van der Waals surface area contributed by atoms with Gasteiger partial charge in [0.15, 0.2) is 0 Å². The van der Waals surface area contributed by atoms with E-state index in [4.69, 9.17) is 0 Å². The Morgan fingerprint density at radius 2 is 1.97 bits per heavy atom. The van der Waals surface area contributed by atoms with E-state index in [1.54, 1.807) is 24.5 Å². The maximum absolute atomic E-state index is 12.5. The molecule has 4 rings (SSSR count). The number of hydrogen-bond donors (Lipinski definition) is 1. The van der Waals surface area contributed by atoms with E-state index in [-0.39, 0.29) is 24.4 Å². The zero-order chi connectivity index (χ0) is 21.1. The molecule has 5 nitrogen and oxygen atoms in total. The lowest BCUT2D eigenvalue weighted by Crippen LogP contribution is -2.47. The van der Waals surface area contributed by atoms with E-state index in [9.17, 15) is 18.3 Å². The van der Waals surface area contributed by atoms with Crippen LogP contribution in [0.25, 0.3) is 5.57 Å². The molecule has 1 N–H and O–H groups in total. The summed E-state index contributed by atoms with van der Waals surface area (Å²) >= 11 is 0. The van der Waals surface area contributed by atoms with Crippen LogP contribution >= 0.6 is 0 Å². The first-order valence-corrected chi connectivity index (χ1v) is 9.72. The number of hydrogen-bond acceptors (Lipinski definition) is 5. The molecule has 8 heteroatoms. The van der Waals surface area contributed by atoms with E-state index in [2.05, 4.69) is 14.6 Å². The summed E-state index contributed by atoms with van der Waals surface area (Å²) in [4.78, 5) is 8.54. The molecular formula is C22H22F3N3O2. The molecule has 1 saturated heterocycles. The summed E-state index contributed by atoms with van der Waals surface area (Å²) in [5.41, 5.74) is 2.76. The van der Waals surface area contributed by atoms with Gasteiger partial charge in [0.1, 0.15) is 11.9 Å². The number of nitrogens with zero attached hydrogens (tertiary/aromatic N) is 3. The second-order valence-electron chi connectivity index (χ2n) is 7.36. The number of ether oxygens (including phenoxy) is 1. The first-order valence-electron chi connectivity index (χ1n) is 9.72. The van der Waals surface area contributed by atoms with Crippen LogP contribution in [0.3, 0.4) is 0 Å². The average Bonchev–Trinajstić information content (AvgIpc) is 3.22. The highest BCUT2D eigenvalue weighted by Crippen LogP contribution is 2.35. The molecule has 0 radical (unpaired) electrons. The highest BCUT2D eigenvalue weighted by molar-refractivity contribution is 5.76. The van der Waals surface area contributed by atoms with Gasteiger partial charge in [-0.15, -0.1) is 13.2 Å². The Labute approximate surface area is 172 Å². The third kappa shape index (κ3) is 4.49. The quantitative estimate of drug-likeness (QED) is 0.796. The van der Waals surface area contributed by atoms with Gasteiger partial charge in [-0.05, 0) is 59.9 Å². The fourth-order valence-corrected chi connectivity index (χ4v) is 3.99. The highest BCUT2D eigenvalue weighted by Gasteiger charge is 2.35. The van der Waals surface area contributed by atoms with Gasteiger partial charge in [0.2, 0.25) is 0 Å². The average molecular weight is 417 g/mol. The Bertz CT molecular complexity index is 913. The zero-order valence-electron chi connectivity index (χ0n) is 16.2. The third-order valence-electron chi connectivity index (χ3n) is 5.35. The van der Waals surface area contributed by atoms with Crippen LogP contribution in [-0.4, -0.2) is 47.2 Å². The fraction of sp³-hybridized carbons (Fsp3) is 0.318. The summed E-state index contributed by atoms with van der Waals surface area (Å²) < 4.78 is 41.5.